The van der Waals surface area contributed by atoms with Crippen LogP contribution in [-0.2, 0) is 14.3 Å². The van der Waals surface area contributed by atoms with E-state index in [9.17, 15) is 24.3 Å². The smallest absolute Gasteiger partial charge is 0.409 e. The Bertz CT molecular complexity index is 1070. The minimum Gasteiger partial charge on any atom is -0.476 e. The Kier molecular flexibility index (Phi) is 10.2. The summed E-state index contributed by atoms with van der Waals surface area (Å²) in [5, 5.41) is 14.0. The average Bonchev–Trinajstić information content (AvgIpc) is 3.60. The molecule has 0 aliphatic carbocycles. The minimum absolute atomic E-state index is 0.0927. The number of nitrogens with zero attached hydrogens (tertiary/aromatic N) is 4. The Morgan fingerprint density at radius 3 is 2.49 bits per heavy atom. The predicted octanol–water partition coefficient (Wildman–Crippen LogP) is 3.47. The number of carbonyl (C=O) groups excluding carboxylic acids is 3. The highest BCUT2D eigenvalue weighted by Crippen LogP contribution is 2.32. The number of hydrogen-bond acceptors (Lipinski definition) is 8. The molecule has 3 amide bonds. The van der Waals surface area contributed by atoms with Crippen LogP contribution in [0.2, 0.25) is 0 Å². The summed E-state index contributed by atoms with van der Waals surface area (Å²) in [4.78, 5) is 60.3. The number of rotatable bonds is 12. The molecule has 5 atom stereocenters. The highest BCUT2D eigenvalue weighted by molar-refractivity contribution is 7.09. The first-order chi connectivity index (χ1) is 19.2. The lowest BCUT2D eigenvalue weighted by Crippen LogP contribution is -2.60. The van der Waals surface area contributed by atoms with E-state index < -0.39 is 41.7 Å². The zero-order chi connectivity index (χ0) is 31.1. The van der Waals surface area contributed by atoms with Gasteiger partial charge in [-0.1, -0.05) is 34.1 Å². The summed E-state index contributed by atoms with van der Waals surface area (Å²) < 4.78 is 21.7. The Hall–Kier alpha value is -2.73. The molecule has 1 fully saturated rings. The third kappa shape index (κ3) is 7.69. The predicted molar refractivity (Wildman–Crippen MR) is 150 cm³/mol. The van der Waals surface area contributed by atoms with Crippen LogP contribution >= 0.6 is 11.3 Å². The standard InChI is InChI=1S/C27H45N5O6S/c1-10-17(4)21(29-25(36)27(5)12-11-13-31(27)8)23(33)32(9)19(16(2)3)14-20(38-26(37)30(6)7)22-28-18(15-39-22)24(34)35/h15-17,19-21H,10-14H2,1-9H3,(H,29,36)(H,34,35)/t17-,19+,20+,21-,27-/m0/s1/i5D,8D. The zero-order valence-corrected chi connectivity index (χ0v) is 24.9. The lowest BCUT2D eigenvalue weighted by atomic mass is 9.91. The maximum absolute atomic E-state index is 14.0. The summed E-state index contributed by atoms with van der Waals surface area (Å²) >= 11 is 1.07. The fourth-order valence-corrected chi connectivity index (χ4v) is 5.42. The van der Waals surface area contributed by atoms with E-state index in [1.54, 1.807) is 16.8 Å². The number of amides is 3. The lowest BCUT2D eigenvalue weighted by molar-refractivity contribution is -0.142. The van der Waals surface area contributed by atoms with Gasteiger partial charge < -0.3 is 25.0 Å². The Morgan fingerprint density at radius 2 is 1.97 bits per heavy atom. The van der Waals surface area contributed by atoms with Crippen molar-refractivity contribution in [3.8, 4) is 0 Å². The lowest BCUT2D eigenvalue weighted by Gasteiger charge is -2.38. The first kappa shape index (κ1) is 29.3. The average molecular weight is 570 g/mol. The Morgan fingerprint density at radius 1 is 1.28 bits per heavy atom. The van der Waals surface area contributed by atoms with Crippen LogP contribution in [0.4, 0.5) is 4.79 Å². The summed E-state index contributed by atoms with van der Waals surface area (Å²) in [6, 6.07) is -1.32. The summed E-state index contributed by atoms with van der Waals surface area (Å²) in [5.41, 5.74) is -1.29. The molecule has 39 heavy (non-hydrogen) atoms. The number of ether oxygens (including phenoxy) is 1. The number of likely N-dealkylation sites (tertiary alicyclic amines) is 1. The van der Waals surface area contributed by atoms with Gasteiger partial charge in [0.05, 0.1) is 5.54 Å². The number of carbonyl (C=O) groups is 4. The molecule has 1 aromatic rings. The molecule has 1 saturated heterocycles. The number of aromatic carboxylic acids is 1. The van der Waals surface area contributed by atoms with Crippen molar-refractivity contribution in [2.24, 2.45) is 11.8 Å². The maximum Gasteiger partial charge on any atom is 0.409 e. The van der Waals surface area contributed by atoms with Gasteiger partial charge in [0.2, 0.25) is 11.8 Å². The molecule has 0 radical (unpaired) electrons. The van der Waals surface area contributed by atoms with Crippen LogP contribution in [0.1, 0.15) is 84.6 Å². The number of carboxylic acid groups (broad SMARTS) is 1. The summed E-state index contributed by atoms with van der Waals surface area (Å²) in [6.45, 7) is 8.04. The second-order valence-corrected chi connectivity index (χ2v) is 11.8. The number of nitrogens with one attached hydrogen (secondary N) is 1. The molecule has 1 aliphatic heterocycles. The number of likely N-dealkylation sites (N-methyl/N-ethyl adjacent to an activating group) is 2. The van der Waals surface area contributed by atoms with Crippen molar-refractivity contribution in [1.82, 2.24) is 25.0 Å². The molecule has 2 N–H and O–H groups in total. The van der Waals surface area contributed by atoms with Crippen molar-refractivity contribution in [3.05, 3.63) is 16.1 Å². The van der Waals surface area contributed by atoms with Crippen molar-refractivity contribution >= 4 is 35.2 Å². The molecular formula is C27H45N5O6S. The van der Waals surface area contributed by atoms with Gasteiger partial charge in [0, 0.05) is 41.7 Å². The molecule has 220 valence electrons. The van der Waals surface area contributed by atoms with Crippen molar-refractivity contribution in [3.63, 3.8) is 0 Å². The van der Waals surface area contributed by atoms with Crippen LogP contribution in [-0.4, -0.2) is 101 Å². The number of hydrogen-bond donors (Lipinski definition) is 2. The van der Waals surface area contributed by atoms with Crippen LogP contribution in [0.15, 0.2) is 5.38 Å². The third-order valence-electron chi connectivity index (χ3n) is 7.51. The first-order valence-corrected chi connectivity index (χ1v) is 14.1. The van der Waals surface area contributed by atoms with E-state index >= 15 is 0 Å². The maximum atomic E-state index is 14.0. The molecule has 0 saturated carbocycles. The van der Waals surface area contributed by atoms with Gasteiger partial charge in [-0.2, -0.15) is 0 Å². The van der Waals surface area contributed by atoms with E-state index in [1.807, 2.05) is 27.7 Å². The molecule has 1 aromatic heterocycles. The normalized spacial score (nSPS) is 21.3. The largest absolute Gasteiger partial charge is 0.476 e. The summed E-state index contributed by atoms with van der Waals surface area (Å²) in [6.07, 6.45) is 0.412. The van der Waals surface area contributed by atoms with Gasteiger partial charge in [0.25, 0.3) is 0 Å². The molecule has 12 heteroatoms. The van der Waals surface area contributed by atoms with Crippen LogP contribution in [0.5, 0.6) is 0 Å². The highest BCUT2D eigenvalue weighted by atomic mass is 32.1. The molecule has 2 rings (SSSR count). The molecular weight excluding hydrogens is 522 g/mol. The second kappa shape index (κ2) is 13.6. The molecule has 2 heterocycles. The van der Waals surface area contributed by atoms with Crippen molar-refractivity contribution < 1.29 is 31.8 Å². The topological polar surface area (TPSA) is 132 Å². The summed E-state index contributed by atoms with van der Waals surface area (Å²) in [7, 11) is 4.62. The van der Waals surface area contributed by atoms with Gasteiger partial charge in [-0.25, -0.2) is 14.6 Å². The van der Waals surface area contributed by atoms with E-state index in [-0.39, 0.29) is 43.8 Å². The van der Waals surface area contributed by atoms with Gasteiger partial charge in [-0.15, -0.1) is 11.3 Å². The molecule has 0 unspecified atom stereocenters. The monoisotopic (exact) mass is 569 g/mol. The van der Waals surface area contributed by atoms with Crippen molar-refractivity contribution in [2.45, 2.75) is 84.0 Å². The molecule has 0 bridgehead atoms. The molecule has 0 aromatic carbocycles. The first-order valence-electron chi connectivity index (χ1n) is 14.6. The second-order valence-electron chi connectivity index (χ2n) is 10.9. The van der Waals surface area contributed by atoms with E-state index in [4.69, 9.17) is 7.48 Å². The SMILES string of the molecule is [2H]CN1CCC[C@@]1(C[2H])C(=O)N[C@H](C(=O)N(C)[C@H](C[C@@H](OC(=O)N(C)C)c1nc(C(=O)O)cs1)C(C)C)[C@@H](C)CC. The van der Waals surface area contributed by atoms with Crippen molar-refractivity contribution in [2.75, 3.05) is 34.7 Å². The number of carboxylic acids is 1. The van der Waals surface area contributed by atoms with Gasteiger partial charge in [0.1, 0.15) is 11.0 Å². The minimum atomic E-state index is -1.19. The fraction of sp³-hybridized carbons (Fsp3) is 0.741. The van der Waals surface area contributed by atoms with E-state index in [0.717, 1.165) is 11.3 Å². The van der Waals surface area contributed by atoms with Gasteiger partial charge in [-0.3, -0.25) is 14.5 Å². The Labute approximate surface area is 238 Å². The number of thiazole rings is 1. The highest BCUT2D eigenvalue weighted by Gasteiger charge is 2.44. The third-order valence-corrected chi connectivity index (χ3v) is 8.44. The van der Waals surface area contributed by atoms with Crippen molar-refractivity contribution in [1.29, 1.82) is 0 Å². The Balaban J connectivity index is 2.37. The van der Waals surface area contributed by atoms with Gasteiger partial charge >= 0.3 is 12.1 Å². The number of aromatic nitrogens is 1. The van der Waals surface area contributed by atoms with E-state index in [1.165, 1.54) is 24.4 Å². The van der Waals surface area contributed by atoms with E-state index in [2.05, 4.69) is 10.3 Å². The molecule has 0 spiro atoms. The van der Waals surface area contributed by atoms with E-state index in [0.29, 0.717) is 30.8 Å². The molecule has 1 aliphatic rings. The zero-order valence-electron chi connectivity index (χ0n) is 26.1. The van der Waals surface area contributed by atoms with Crippen LogP contribution in [0, 0.1) is 11.8 Å². The quantitative estimate of drug-likeness (QED) is 0.391. The van der Waals surface area contributed by atoms with Crippen LogP contribution in [0.3, 0.4) is 0 Å². The fourth-order valence-electron chi connectivity index (χ4n) is 4.59. The summed E-state index contributed by atoms with van der Waals surface area (Å²) in [5.74, 6) is -2.22. The van der Waals surface area contributed by atoms with Gasteiger partial charge in [0.15, 0.2) is 11.8 Å². The van der Waals surface area contributed by atoms with Crippen LogP contribution < -0.4 is 5.32 Å². The molecule has 11 nitrogen and oxygen atoms in total. The van der Waals surface area contributed by atoms with Crippen LogP contribution in [0.25, 0.3) is 0 Å². The van der Waals surface area contributed by atoms with Gasteiger partial charge in [-0.05, 0) is 45.1 Å².